The smallest absolute Gasteiger partial charge is 0.317 e. The fraction of sp³-hybridized carbons (Fsp3) is 0.870. The lowest BCUT2D eigenvalue weighted by molar-refractivity contribution is -0.140. The first-order valence-electron chi connectivity index (χ1n) is 12.0. The fourth-order valence-corrected chi connectivity index (χ4v) is 3.77. The number of hydrogen-bond donors (Lipinski definition) is 2. The number of nitrogens with one attached hydrogen (secondary N) is 2. The lowest BCUT2D eigenvalue weighted by atomic mass is 9.96. The van der Waals surface area contributed by atoms with E-state index in [9.17, 15) is 14.4 Å². The molecule has 0 saturated carbocycles. The van der Waals surface area contributed by atoms with E-state index in [-0.39, 0.29) is 29.8 Å². The van der Waals surface area contributed by atoms with Gasteiger partial charge >= 0.3 is 6.03 Å². The normalized spacial score (nSPS) is 18.6. The summed E-state index contributed by atoms with van der Waals surface area (Å²) < 4.78 is 0. The highest BCUT2D eigenvalue weighted by molar-refractivity contribution is 5.88. The molecule has 0 bridgehead atoms. The largest absolute Gasteiger partial charge is 0.344 e. The van der Waals surface area contributed by atoms with Crippen LogP contribution in [0.1, 0.15) is 86.0 Å². The van der Waals surface area contributed by atoms with Gasteiger partial charge in [-0.25, -0.2) is 4.79 Å². The quantitative estimate of drug-likeness (QED) is 0.470. The third-order valence-electron chi connectivity index (χ3n) is 6.06. The monoisotopic (exact) mass is 424 g/mol. The van der Waals surface area contributed by atoms with Crippen molar-refractivity contribution in [3.05, 3.63) is 0 Å². The van der Waals surface area contributed by atoms with Gasteiger partial charge in [0.15, 0.2) is 0 Å². The van der Waals surface area contributed by atoms with Crippen LogP contribution in [0.3, 0.4) is 0 Å². The van der Waals surface area contributed by atoms with Gasteiger partial charge in [-0.2, -0.15) is 0 Å². The first-order valence-corrected chi connectivity index (χ1v) is 12.0. The minimum absolute atomic E-state index is 0.0239. The van der Waals surface area contributed by atoms with Crippen molar-refractivity contribution in [1.29, 1.82) is 0 Å². The van der Waals surface area contributed by atoms with Crippen molar-refractivity contribution in [2.45, 2.75) is 98.1 Å². The number of rotatable bonds is 12. The first-order chi connectivity index (χ1) is 14.3. The Bertz CT molecular complexity index is 541. The summed E-state index contributed by atoms with van der Waals surface area (Å²) in [5.74, 6) is 0.0126. The molecule has 0 aromatic carbocycles. The predicted molar refractivity (Wildman–Crippen MR) is 121 cm³/mol. The van der Waals surface area contributed by atoms with Gasteiger partial charge in [-0.3, -0.25) is 9.59 Å². The molecule has 4 amide bonds. The maximum absolute atomic E-state index is 13.2. The molecule has 3 unspecified atom stereocenters. The van der Waals surface area contributed by atoms with Crippen LogP contribution in [0.4, 0.5) is 4.79 Å². The maximum Gasteiger partial charge on any atom is 0.317 e. The lowest BCUT2D eigenvalue weighted by Crippen LogP contribution is -2.61. The van der Waals surface area contributed by atoms with Crippen molar-refractivity contribution >= 4 is 17.8 Å². The summed E-state index contributed by atoms with van der Waals surface area (Å²) in [6, 6.07) is -0.598. The summed E-state index contributed by atoms with van der Waals surface area (Å²) in [6.07, 6.45) is 7.48. The number of nitrogens with zero attached hydrogens (tertiary/aromatic N) is 2. The molecule has 1 aliphatic heterocycles. The Morgan fingerprint density at radius 1 is 1.00 bits per heavy atom. The van der Waals surface area contributed by atoms with Crippen LogP contribution >= 0.6 is 0 Å². The van der Waals surface area contributed by atoms with Crippen LogP contribution < -0.4 is 10.6 Å². The van der Waals surface area contributed by atoms with Crippen molar-refractivity contribution < 1.29 is 14.4 Å². The van der Waals surface area contributed by atoms with Crippen LogP contribution in [0, 0.1) is 5.92 Å². The number of carbonyl (C=O) groups excluding carboxylic acids is 3. The molecule has 0 radical (unpaired) electrons. The van der Waals surface area contributed by atoms with Gasteiger partial charge in [-0.1, -0.05) is 59.8 Å². The predicted octanol–water partition coefficient (Wildman–Crippen LogP) is 3.53. The summed E-state index contributed by atoms with van der Waals surface area (Å²) in [4.78, 5) is 41.7. The molecule has 0 aliphatic carbocycles. The minimum Gasteiger partial charge on any atom is -0.344 e. The topological polar surface area (TPSA) is 81.8 Å². The van der Waals surface area contributed by atoms with Crippen molar-refractivity contribution in [2.24, 2.45) is 5.92 Å². The van der Waals surface area contributed by atoms with Gasteiger partial charge in [0.2, 0.25) is 11.8 Å². The maximum atomic E-state index is 13.2. The standard InChI is InChI=1S/C23H44N4O3/c1-6-9-11-12-13-20(28)25-21(18(4)8-3)22(29)26-15-16-27(19(5)17-26)23(30)24-14-10-7-2/h18-19,21H,6-17H2,1-5H3,(H,24,30)(H,25,28). The Balaban J connectivity index is 2.64. The Morgan fingerprint density at radius 3 is 2.30 bits per heavy atom. The number of amides is 4. The number of hydrogen-bond acceptors (Lipinski definition) is 3. The van der Waals surface area contributed by atoms with E-state index in [2.05, 4.69) is 24.5 Å². The number of piperazine rings is 1. The summed E-state index contributed by atoms with van der Waals surface area (Å²) in [5.41, 5.74) is 0. The van der Waals surface area contributed by atoms with Crippen LogP contribution in [0.15, 0.2) is 0 Å². The van der Waals surface area contributed by atoms with E-state index in [1.807, 2.05) is 30.6 Å². The van der Waals surface area contributed by atoms with E-state index in [1.54, 1.807) is 0 Å². The van der Waals surface area contributed by atoms with Gasteiger partial charge in [0.25, 0.3) is 0 Å². The van der Waals surface area contributed by atoms with Crippen molar-refractivity contribution in [3.8, 4) is 0 Å². The molecule has 30 heavy (non-hydrogen) atoms. The second-order valence-corrected chi connectivity index (χ2v) is 8.65. The number of urea groups is 1. The van der Waals surface area contributed by atoms with Gasteiger partial charge in [0, 0.05) is 38.6 Å². The Kier molecular flexibility index (Phi) is 12.5. The molecule has 0 aromatic heterocycles. The molecule has 1 rings (SSSR count). The lowest BCUT2D eigenvalue weighted by Gasteiger charge is -2.41. The highest BCUT2D eigenvalue weighted by Gasteiger charge is 2.35. The van der Waals surface area contributed by atoms with E-state index in [1.165, 1.54) is 0 Å². The molecule has 3 atom stereocenters. The fourth-order valence-electron chi connectivity index (χ4n) is 3.77. The third-order valence-corrected chi connectivity index (χ3v) is 6.06. The SMILES string of the molecule is CCCCCCC(=O)NC(C(=O)N1CCN(C(=O)NCCCC)C(C)C1)C(C)CC. The molecule has 174 valence electrons. The minimum atomic E-state index is -0.495. The van der Waals surface area contributed by atoms with Gasteiger partial charge in [-0.05, 0) is 25.7 Å². The molecule has 1 heterocycles. The number of carbonyl (C=O) groups is 3. The molecule has 0 aromatic rings. The summed E-state index contributed by atoms with van der Waals surface area (Å²) in [7, 11) is 0. The molecular weight excluding hydrogens is 380 g/mol. The molecule has 1 fully saturated rings. The van der Waals surface area contributed by atoms with E-state index in [0.29, 0.717) is 32.6 Å². The zero-order valence-corrected chi connectivity index (χ0v) is 19.8. The first kappa shape index (κ1) is 26.2. The zero-order valence-electron chi connectivity index (χ0n) is 19.8. The highest BCUT2D eigenvalue weighted by atomic mass is 16.2. The average Bonchev–Trinajstić information content (AvgIpc) is 2.74. The van der Waals surface area contributed by atoms with E-state index < -0.39 is 6.04 Å². The molecule has 7 heteroatoms. The Hall–Kier alpha value is -1.79. The molecule has 7 nitrogen and oxygen atoms in total. The molecular formula is C23H44N4O3. The second-order valence-electron chi connectivity index (χ2n) is 8.65. The van der Waals surface area contributed by atoms with Gasteiger partial charge in [-0.15, -0.1) is 0 Å². The molecule has 1 aliphatic rings. The van der Waals surface area contributed by atoms with Gasteiger partial charge in [0.05, 0.1) is 0 Å². The summed E-state index contributed by atoms with van der Waals surface area (Å²) in [5, 5.41) is 5.96. The van der Waals surface area contributed by atoms with E-state index >= 15 is 0 Å². The molecule has 1 saturated heterocycles. The average molecular weight is 425 g/mol. The van der Waals surface area contributed by atoms with Crippen LogP contribution in [-0.4, -0.2) is 65.9 Å². The van der Waals surface area contributed by atoms with E-state index in [4.69, 9.17) is 0 Å². The zero-order chi connectivity index (χ0) is 22.5. The van der Waals surface area contributed by atoms with Gasteiger partial charge < -0.3 is 20.4 Å². The Labute approximate surface area is 183 Å². The van der Waals surface area contributed by atoms with Gasteiger partial charge in [0.1, 0.15) is 6.04 Å². The van der Waals surface area contributed by atoms with Crippen LogP contribution in [-0.2, 0) is 9.59 Å². The molecule has 0 spiro atoms. The van der Waals surface area contributed by atoms with Crippen molar-refractivity contribution in [1.82, 2.24) is 20.4 Å². The number of unbranched alkanes of at least 4 members (excludes halogenated alkanes) is 4. The summed E-state index contributed by atoms with van der Waals surface area (Å²) in [6.45, 7) is 12.5. The van der Waals surface area contributed by atoms with Crippen molar-refractivity contribution in [3.63, 3.8) is 0 Å². The second kappa shape index (κ2) is 14.3. The van der Waals surface area contributed by atoms with Crippen LogP contribution in [0.5, 0.6) is 0 Å². The Morgan fingerprint density at radius 2 is 1.70 bits per heavy atom. The van der Waals surface area contributed by atoms with Crippen molar-refractivity contribution in [2.75, 3.05) is 26.2 Å². The molecule has 2 N–H and O–H groups in total. The summed E-state index contributed by atoms with van der Waals surface area (Å²) >= 11 is 0. The third kappa shape index (κ3) is 8.52. The highest BCUT2D eigenvalue weighted by Crippen LogP contribution is 2.16. The van der Waals surface area contributed by atoms with Crippen LogP contribution in [0.25, 0.3) is 0 Å². The van der Waals surface area contributed by atoms with E-state index in [0.717, 1.165) is 44.9 Å². The van der Waals surface area contributed by atoms with Crippen LogP contribution in [0.2, 0.25) is 0 Å².